The van der Waals surface area contributed by atoms with Gasteiger partial charge in [-0.05, 0) is 37.1 Å². The molecule has 2 heterocycles. The number of hydrogen-bond acceptors (Lipinski definition) is 9. The van der Waals surface area contributed by atoms with Gasteiger partial charge in [0.1, 0.15) is 0 Å². The van der Waals surface area contributed by atoms with Crippen molar-refractivity contribution in [2.75, 3.05) is 66.7 Å². The Morgan fingerprint density at radius 3 is 2.68 bits per heavy atom. The molecular weight excluding hydrogens is 446 g/mol. The molecule has 0 aliphatic carbocycles. The van der Waals surface area contributed by atoms with E-state index in [1.54, 1.807) is 7.11 Å². The standard InChI is InChI=1S/C24H35NO9/c1-3-31-24-18(6-9-29-12-13-30-11-8-26)19(15-22(34-24)23(27)25-7-10-28-2)17-4-5-20-21(14-17)33-16-32-20/h4-5,14-15,18-19,24,26H,3,6-13,16H2,1-2H3,(H,25,27)/t18-,19-,24-/m0/s1. The molecule has 3 atom stereocenters. The van der Waals surface area contributed by atoms with Crippen molar-refractivity contribution < 1.29 is 43.1 Å². The molecule has 1 amide bonds. The van der Waals surface area contributed by atoms with Gasteiger partial charge < -0.3 is 43.6 Å². The summed E-state index contributed by atoms with van der Waals surface area (Å²) in [5.41, 5.74) is 0.968. The van der Waals surface area contributed by atoms with E-state index in [1.165, 1.54) is 0 Å². The third kappa shape index (κ3) is 7.31. The minimum Gasteiger partial charge on any atom is -0.459 e. The average molecular weight is 482 g/mol. The van der Waals surface area contributed by atoms with Crippen LogP contribution in [-0.2, 0) is 28.5 Å². The number of amides is 1. The van der Waals surface area contributed by atoms with Gasteiger partial charge in [-0.1, -0.05) is 6.07 Å². The normalized spacial score (nSPS) is 21.1. The van der Waals surface area contributed by atoms with Crippen LogP contribution in [0.2, 0.25) is 0 Å². The van der Waals surface area contributed by atoms with E-state index >= 15 is 0 Å². The van der Waals surface area contributed by atoms with Crippen LogP contribution in [0.1, 0.15) is 24.8 Å². The summed E-state index contributed by atoms with van der Waals surface area (Å²) in [6.45, 7) is 4.86. The number of carbonyl (C=O) groups is 1. The fourth-order valence-corrected chi connectivity index (χ4v) is 3.90. The minimum atomic E-state index is -0.622. The first kappa shape index (κ1) is 26.2. The monoisotopic (exact) mass is 481 g/mol. The second-order valence-electron chi connectivity index (χ2n) is 7.76. The van der Waals surface area contributed by atoms with Gasteiger partial charge in [0.05, 0.1) is 33.0 Å². The van der Waals surface area contributed by atoms with Crippen LogP contribution in [0, 0.1) is 5.92 Å². The predicted molar refractivity (Wildman–Crippen MR) is 122 cm³/mol. The zero-order valence-corrected chi connectivity index (χ0v) is 19.8. The Kier molecular flexibility index (Phi) is 10.9. The van der Waals surface area contributed by atoms with E-state index in [0.717, 1.165) is 5.56 Å². The fourth-order valence-electron chi connectivity index (χ4n) is 3.90. The molecular formula is C24H35NO9. The van der Waals surface area contributed by atoms with Crippen molar-refractivity contribution in [3.8, 4) is 11.5 Å². The van der Waals surface area contributed by atoms with Gasteiger partial charge in [-0.3, -0.25) is 4.79 Å². The van der Waals surface area contributed by atoms with Gasteiger partial charge in [0.25, 0.3) is 5.91 Å². The lowest BCUT2D eigenvalue weighted by atomic mass is 9.81. The third-order valence-electron chi connectivity index (χ3n) is 5.52. The fraction of sp³-hybridized carbons (Fsp3) is 0.625. The lowest BCUT2D eigenvalue weighted by Gasteiger charge is -2.37. The molecule has 1 aromatic carbocycles. The summed E-state index contributed by atoms with van der Waals surface area (Å²) >= 11 is 0. The quantitative estimate of drug-likeness (QED) is 0.360. The summed E-state index contributed by atoms with van der Waals surface area (Å²) in [5, 5.41) is 11.6. The molecule has 3 rings (SSSR count). The molecule has 34 heavy (non-hydrogen) atoms. The topological polar surface area (TPSA) is 114 Å². The van der Waals surface area contributed by atoms with Crippen LogP contribution in [-0.4, -0.2) is 84.0 Å². The van der Waals surface area contributed by atoms with Crippen molar-refractivity contribution in [1.29, 1.82) is 0 Å². The highest BCUT2D eigenvalue weighted by atomic mass is 16.7. The zero-order valence-electron chi connectivity index (χ0n) is 19.8. The molecule has 0 aromatic heterocycles. The number of benzene rings is 1. The van der Waals surface area contributed by atoms with Gasteiger partial charge in [-0.2, -0.15) is 0 Å². The first-order chi connectivity index (χ1) is 16.7. The molecule has 0 unspecified atom stereocenters. The minimum absolute atomic E-state index is 0.0135. The van der Waals surface area contributed by atoms with Crippen LogP contribution < -0.4 is 14.8 Å². The maximum atomic E-state index is 12.8. The summed E-state index contributed by atoms with van der Waals surface area (Å²) < 4.78 is 38.9. The van der Waals surface area contributed by atoms with Crippen LogP contribution in [0.4, 0.5) is 0 Å². The summed E-state index contributed by atoms with van der Waals surface area (Å²) in [5.74, 6) is 0.996. The first-order valence-corrected chi connectivity index (χ1v) is 11.6. The van der Waals surface area contributed by atoms with Crippen LogP contribution in [0.25, 0.3) is 0 Å². The maximum absolute atomic E-state index is 12.8. The van der Waals surface area contributed by atoms with Crippen molar-refractivity contribution in [2.45, 2.75) is 25.6 Å². The number of methoxy groups -OCH3 is 1. The molecule has 0 spiro atoms. The highest BCUT2D eigenvalue weighted by Crippen LogP contribution is 2.42. The van der Waals surface area contributed by atoms with Crippen LogP contribution >= 0.6 is 0 Å². The second-order valence-corrected chi connectivity index (χ2v) is 7.76. The molecule has 1 aromatic rings. The Labute approximate surface area is 200 Å². The van der Waals surface area contributed by atoms with E-state index in [4.69, 9.17) is 38.3 Å². The number of aliphatic hydroxyl groups is 1. The van der Waals surface area contributed by atoms with E-state index in [1.807, 2.05) is 31.2 Å². The van der Waals surface area contributed by atoms with Crippen molar-refractivity contribution in [2.24, 2.45) is 5.92 Å². The number of ether oxygens (including phenoxy) is 7. The molecule has 10 heteroatoms. The summed E-state index contributed by atoms with van der Waals surface area (Å²) in [6, 6.07) is 5.79. The summed E-state index contributed by atoms with van der Waals surface area (Å²) in [4.78, 5) is 12.8. The Balaban J connectivity index is 1.77. The van der Waals surface area contributed by atoms with Gasteiger partial charge in [0, 0.05) is 38.7 Å². The van der Waals surface area contributed by atoms with Crippen molar-refractivity contribution in [1.82, 2.24) is 5.32 Å². The third-order valence-corrected chi connectivity index (χ3v) is 5.52. The molecule has 2 aliphatic rings. The van der Waals surface area contributed by atoms with Crippen molar-refractivity contribution in [3.05, 3.63) is 35.6 Å². The molecule has 0 bridgehead atoms. The lowest BCUT2D eigenvalue weighted by molar-refractivity contribution is -0.168. The van der Waals surface area contributed by atoms with Gasteiger partial charge in [0.15, 0.2) is 17.3 Å². The summed E-state index contributed by atoms with van der Waals surface area (Å²) in [6.07, 6.45) is 1.85. The van der Waals surface area contributed by atoms with Gasteiger partial charge in [0.2, 0.25) is 13.1 Å². The number of fused-ring (bicyclic) bond motifs is 1. The van der Waals surface area contributed by atoms with Crippen molar-refractivity contribution in [3.63, 3.8) is 0 Å². The van der Waals surface area contributed by atoms with Crippen LogP contribution in [0.3, 0.4) is 0 Å². The molecule has 0 saturated heterocycles. The van der Waals surface area contributed by atoms with E-state index in [9.17, 15) is 4.79 Å². The number of allylic oxidation sites excluding steroid dienone is 1. The van der Waals surface area contributed by atoms with E-state index in [2.05, 4.69) is 5.32 Å². The van der Waals surface area contributed by atoms with Gasteiger partial charge >= 0.3 is 0 Å². The van der Waals surface area contributed by atoms with E-state index < -0.39 is 6.29 Å². The number of hydrogen-bond donors (Lipinski definition) is 2. The Morgan fingerprint density at radius 1 is 1.12 bits per heavy atom. The van der Waals surface area contributed by atoms with Gasteiger partial charge in [-0.25, -0.2) is 0 Å². The highest BCUT2D eigenvalue weighted by molar-refractivity contribution is 5.91. The molecule has 0 radical (unpaired) electrons. The second kappa shape index (κ2) is 14.1. The zero-order chi connectivity index (χ0) is 24.2. The molecule has 10 nitrogen and oxygen atoms in total. The predicted octanol–water partition coefficient (Wildman–Crippen LogP) is 1.57. The highest BCUT2D eigenvalue weighted by Gasteiger charge is 2.38. The molecule has 190 valence electrons. The number of rotatable bonds is 15. The smallest absolute Gasteiger partial charge is 0.286 e. The molecule has 2 N–H and O–H groups in total. The number of carbonyl (C=O) groups excluding carboxylic acids is 1. The maximum Gasteiger partial charge on any atom is 0.286 e. The average Bonchev–Trinajstić information content (AvgIpc) is 3.32. The van der Waals surface area contributed by atoms with E-state index in [-0.39, 0.29) is 36.9 Å². The Bertz CT molecular complexity index is 801. The number of aliphatic hydroxyl groups excluding tert-OH is 1. The van der Waals surface area contributed by atoms with Crippen LogP contribution in [0.5, 0.6) is 11.5 Å². The van der Waals surface area contributed by atoms with E-state index in [0.29, 0.717) is 64.1 Å². The SMILES string of the molecule is CCO[C@H]1OC(C(=O)NCCOC)=C[C@@H](c2ccc3c(c2)OCO3)[C@@H]1CCOCCOCCO. The van der Waals surface area contributed by atoms with Crippen LogP contribution in [0.15, 0.2) is 30.0 Å². The molecule has 2 aliphatic heterocycles. The first-order valence-electron chi connectivity index (χ1n) is 11.6. The summed E-state index contributed by atoms with van der Waals surface area (Å²) in [7, 11) is 1.58. The lowest BCUT2D eigenvalue weighted by Crippen LogP contribution is -2.40. The molecule has 0 saturated carbocycles. The Morgan fingerprint density at radius 2 is 1.91 bits per heavy atom. The van der Waals surface area contributed by atoms with Crippen molar-refractivity contribution >= 4 is 5.91 Å². The molecule has 0 fully saturated rings. The number of nitrogens with one attached hydrogen (secondary N) is 1. The largest absolute Gasteiger partial charge is 0.459 e. The van der Waals surface area contributed by atoms with Gasteiger partial charge in [-0.15, -0.1) is 0 Å². The Hall–Kier alpha value is -2.37.